The minimum atomic E-state index is -1.50. The van der Waals surface area contributed by atoms with Crippen molar-refractivity contribution in [2.24, 2.45) is 0 Å². The highest BCUT2D eigenvalue weighted by atomic mass is 16.6. The molecule has 7 heteroatoms. The summed E-state index contributed by atoms with van der Waals surface area (Å²) in [6.07, 6.45) is -1.01. The fourth-order valence-electron chi connectivity index (χ4n) is 1.69. The topological polar surface area (TPSA) is 98.8 Å². The van der Waals surface area contributed by atoms with Crippen molar-refractivity contribution < 1.29 is 24.2 Å². The van der Waals surface area contributed by atoms with Crippen LogP contribution >= 0.6 is 0 Å². The Labute approximate surface area is 108 Å². The lowest BCUT2D eigenvalue weighted by atomic mass is 10.2. The zero-order valence-corrected chi connectivity index (χ0v) is 9.87. The molecule has 0 spiro atoms. The van der Waals surface area contributed by atoms with Crippen molar-refractivity contribution in [1.29, 1.82) is 0 Å². The van der Waals surface area contributed by atoms with Crippen molar-refractivity contribution in [3.05, 3.63) is 35.9 Å². The monoisotopic (exact) mass is 263 g/mol. The number of hydrogen-bond acceptors (Lipinski definition) is 5. The standard InChI is InChI=1S/C12H12N2O5/c15-10(16)9-6-13-11(17)14(9)12(18)19-7-8-4-2-1-3-5-8/h1-5,9H,6-7H2,(H,13,17)(H,15,16)/p-1/t9-/m1/s1. The molecule has 1 aromatic rings. The summed E-state index contributed by atoms with van der Waals surface area (Å²) in [7, 11) is 0. The maximum atomic E-state index is 11.7. The summed E-state index contributed by atoms with van der Waals surface area (Å²) in [6, 6.07) is 6.71. The lowest BCUT2D eigenvalue weighted by Crippen LogP contribution is -2.49. The summed E-state index contributed by atoms with van der Waals surface area (Å²) in [6.45, 7) is -0.217. The number of carboxylic acids is 1. The Balaban J connectivity index is 1.99. The predicted octanol–water partition coefficient (Wildman–Crippen LogP) is -0.533. The number of rotatable bonds is 3. The molecule has 1 saturated heterocycles. The second-order valence-corrected chi connectivity index (χ2v) is 3.93. The number of urea groups is 1. The lowest BCUT2D eigenvalue weighted by molar-refractivity contribution is -0.309. The van der Waals surface area contributed by atoms with Gasteiger partial charge in [-0.25, -0.2) is 14.5 Å². The van der Waals surface area contributed by atoms with E-state index in [4.69, 9.17) is 4.74 Å². The summed E-state index contributed by atoms with van der Waals surface area (Å²) < 4.78 is 4.90. The van der Waals surface area contributed by atoms with Gasteiger partial charge in [0, 0.05) is 6.54 Å². The lowest BCUT2D eigenvalue weighted by Gasteiger charge is -2.21. The number of imide groups is 1. The smallest absolute Gasteiger partial charge is 0.419 e. The minimum Gasteiger partial charge on any atom is -0.548 e. The van der Waals surface area contributed by atoms with Gasteiger partial charge in [0.25, 0.3) is 0 Å². The van der Waals surface area contributed by atoms with Gasteiger partial charge in [-0.05, 0) is 5.56 Å². The number of amides is 3. The number of benzene rings is 1. The number of aliphatic carboxylic acids is 1. The molecule has 1 aliphatic rings. The number of hydrogen-bond donors (Lipinski definition) is 1. The summed E-state index contributed by atoms with van der Waals surface area (Å²) in [5.41, 5.74) is 0.737. The van der Waals surface area contributed by atoms with Gasteiger partial charge in [-0.1, -0.05) is 30.3 Å². The molecular formula is C12H11N2O5-. The number of carboxylic acid groups (broad SMARTS) is 1. The van der Waals surface area contributed by atoms with Crippen LogP contribution in [0.2, 0.25) is 0 Å². The number of nitrogens with one attached hydrogen (secondary N) is 1. The molecule has 1 aliphatic heterocycles. The van der Waals surface area contributed by atoms with Gasteiger partial charge in [0.1, 0.15) is 12.6 Å². The van der Waals surface area contributed by atoms with Crippen LogP contribution in [0.15, 0.2) is 30.3 Å². The molecule has 7 nitrogen and oxygen atoms in total. The quantitative estimate of drug-likeness (QED) is 0.790. The van der Waals surface area contributed by atoms with Crippen LogP contribution in [0.4, 0.5) is 9.59 Å². The Hall–Kier alpha value is -2.57. The summed E-state index contributed by atoms with van der Waals surface area (Å²) in [5.74, 6) is -1.50. The van der Waals surface area contributed by atoms with Gasteiger partial charge < -0.3 is 20.0 Å². The molecule has 0 saturated carbocycles. The van der Waals surface area contributed by atoms with Crippen LogP contribution in [0.5, 0.6) is 0 Å². The van der Waals surface area contributed by atoms with Gasteiger partial charge in [-0.15, -0.1) is 0 Å². The third kappa shape index (κ3) is 2.82. The SMILES string of the molecule is O=C([O-])[C@H]1CNC(=O)N1C(=O)OCc1ccccc1. The highest BCUT2D eigenvalue weighted by Crippen LogP contribution is 2.10. The van der Waals surface area contributed by atoms with Crippen molar-refractivity contribution in [1.82, 2.24) is 10.2 Å². The average molecular weight is 263 g/mol. The van der Waals surface area contributed by atoms with Gasteiger partial charge >= 0.3 is 12.1 Å². The van der Waals surface area contributed by atoms with E-state index < -0.39 is 24.1 Å². The van der Waals surface area contributed by atoms with Crippen LogP contribution in [0.1, 0.15) is 5.56 Å². The first kappa shape index (κ1) is 12.9. The predicted molar refractivity (Wildman–Crippen MR) is 60.7 cm³/mol. The Morgan fingerprint density at radius 1 is 1.37 bits per heavy atom. The fourth-order valence-corrected chi connectivity index (χ4v) is 1.69. The van der Waals surface area contributed by atoms with Crippen molar-refractivity contribution >= 4 is 18.1 Å². The van der Waals surface area contributed by atoms with Gasteiger partial charge in [0.05, 0.1) is 5.97 Å². The third-order valence-electron chi connectivity index (χ3n) is 2.65. The molecule has 3 amide bonds. The maximum absolute atomic E-state index is 11.7. The molecule has 1 N–H and O–H groups in total. The molecule has 1 fully saturated rings. The molecule has 0 radical (unpaired) electrons. The van der Waals surface area contributed by atoms with Crippen LogP contribution in [-0.4, -0.2) is 35.6 Å². The first-order valence-corrected chi connectivity index (χ1v) is 5.58. The van der Waals surface area contributed by atoms with E-state index in [2.05, 4.69) is 5.32 Å². The Bertz CT molecular complexity index is 502. The van der Waals surface area contributed by atoms with Gasteiger partial charge in [-0.3, -0.25) is 0 Å². The second-order valence-electron chi connectivity index (χ2n) is 3.93. The zero-order chi connectivity index (χ0) is 13.8. The molecule has 100 valence electrons. The van der Waals surface area contributed by atoms with Crippen LogP contribution in [0.3, 0.4) is 0 Å². The molecular weight excluding hydrogens is 252 g/mol. The maximum Gasteiger partial charge on any atom is 0.419 e. The molecule has 1 atom stereocenters. The van der Waals surface area contributed by atoms with Gasteiger partial charge in [0.2, 0.25) is 0 Å². The molecule has 0 aliphatic carbocycles. The third-order valence-corrected chi connectivity index (χ3v) is 2.65. The fraction of sp³-hybridized carbons (Fsp3) is 0.250. The van der Waals surface area contributed by atoms with E-state index in [1.165, 1.54) is 0 Å². The van der Waals surface area contributed by atoms with Gasteiger partial charge in [0.15, 0.2) is 0 Å². The van der Waals surface area contributed by atoms with Crippen LogP contribution in [0, 0.1) is 0 Å². The summed E-state index contributed by atoms with van der Waals surface area (Å²) in [5, 5.41) is 13.0. The van der Waals surface area contributed by atoms with Crippen LogP contribution in [0.25, 0.3) is 0 Å². The highest BCUT2D eigenvalue weighted by molar-refractivity contribution is 5.98. The number of carbonyl (C=O) groups is 3. The Morgan fingerprint density at radius 2 is 2.05 bits per heavy atom. The number of carbonyl (C=O) groups excluding carboxylic acids is 3. The second kappa shape index (κ2) is 5.38. The van der Waals surface area contributed by atoms with Crippen molar-refractivity contribution in [2.45, 2.75) is 12.6 Å². The zero-order valence-electron chi connectivity index (χ0n) is 9.87. The van der Waals surface area contributed by atoms with E-state index in [0.29, 0.717) is 4.90 Å². The number of nitrogens with zero attached hydrogens (tertiary/aromatic N) is 1. The van der Waals surface area contributed by atoms with Crippen molar-refractivity contribution in [2.75, 3.05) is 6.54 Å². The first-order valence-electron chi connectivity index (χ1n) is 5.58. The molecule has 1 heterocycles. The summed E-state index contributed by atoms with van der Waals surface area (Å²) in [4.78, 5) is 34.4. The van der Waals surface area contributed by atoms with E-state index >= 15 is 0 Å². The van der Waals surface area contributed by atoms with E-state index in [9.17, 15) is 19.5 Å². The van der Waals surface area contributed by atoms with Crippen molar-refractivity contribution in [3.8, 4) is 0 Å². The largest absolute Gasteiger partial charge is 0.548 e. The minimum absolute atomic E-state index is 0.0385. The highest BCUT2D eigenvalue weighted by Gasteiger charge is 2.37. The first-order chi connectivity index (χ1) is 9.09. The van der Waals surface area contributed by atoms with Crippen molar-refractivity contribution in [3.63, 3.8) is 0 Å². The molecule has 0 unspecified atom stereocenters. The molecule has 0 bridgehead atoms. The van der Waals surface area contributed by atoms with E-state index in [1.54, 1.807) is 24.3 Å². The molecule has 2 rings (SSSR count). The Morgan fingerprint density at radius 3 is 2.68 bits per heavy atom. The molecule has 0 aromatic heterocycles. The Kier molecular flexibility index (Phi) is 3.65. The average Bonchev–Trinajstić information content (AvgIpc) is 2.79. The van der Waals surface area contributed by atoms with E-state index in [0.717, 1.165) is 5.56 Å². The van der Waals surface area contributed by atoms with E-state index in [-0.39, 0.29) is 13.2 Å². The van der Waals surface area contributed by atoms with Crippen LogP contribution < -0.4 is 10.4 Å². The number of ether oxygens (including phenoxy) is 1. The van der Waals surface area contributed by atoms with Crippen LogP contribution in [-0.2, 0) is 16.1 Å². The normalized spacial score (nSPS) is 18.0. The molecule has 19 heavy (non-hydrogen) atoms. The molecule has 1 aromatic carbocycles. The summed E-state index contributed by atoms with van der Waals surface area (Å²) >= 11 is 0. The van der Waals surface area contributed by atoms with Gasteiger partial charge in [-0.2, -0.15) is 0 Å². The van der Waals surface area contributed by atoms with E-state index in [1.807, 2.05) is 6.07 Å².